The maximum absolute atomic E-state index is 10.4. The molecule has 0 spiro atoms. The van der Waals surface area contributed by atoms with Crippen LogP contribution >= 0.6 is 0 Å². The van der Waals surface area contributed by atoms with Crippen molar-refractivity contribution >= 4 is 5.82 Å². The third-order valence-electron chi connectivity index (χ3n) is 4.42. The highest BCUT2D eigenvalue weighted by atomic mass is 16.3. The molecule has 1 saturated carbocycles. The van der Waals surface area contributed by atoms with E-state index in [0.717, 1.165) is 11.5 Å². The monoisotopic (exact) mass is 262 g/mol. The van der Waals surface area contributed by atoms with E-state index in [1.54, 1.807) is 6.20 Å². The van der Waals surface area contributed by atoms with Crippen molar-refractivity contribution < 1.29 is 5.11 Å². The van der Waals surface area contributed by atoms with E-state index in [1.165, 1.54) is 38.5 Å². The molecule has 1 aromatic heterocycles. The molecular formula is C16H26N2O. The Kier molecular flexibility index (Phi) is 5.20. The van der Waals surface area contributed by atoms with Crippen LogP contribution in [0.15, 0.2) is 18.3 Å². The van der Waals surface area contributed by atoms with Gasteiger partial charge in [0.1, 0.15) is 5.82 Å². The average Bonchev–Trinajstić information content (AvgIpc) is 2.40. The second-order valence-electron chi connectivity index (χ2n) is 5.93. The van der Waals surface area contributed by atoms with E-state index < -0.39 is 0 Å². The fourth-order valence-electron chi connectivity index (χ4n) is 3.30. The summed E-state index contributed by atoms with van der Waals surface area (Å²) in [5.41, 5.74) is 6.76. The van der Waals surface area contributed by atoms with Gasteiger partial charge in [-0.2, -0.15) is 0 Å². The molecule has 19 heavy (non-hydrogen) atoms. The molecule has 106 valence electrons. The Hall–Kier alpha value is -1.09. The van der Waals surface area contributed by atoms with E-state index in [-0.39, 0.29) is 6.10 Å². The first-order chi connectivity index (χ1) is 9.19. The lowest BCUT2D eigenvalue weighted by Crippen LogP contribution is -2.27. The molecule has 2 rings (SSSR count). The number of aromatic nitrogens is 1. The number of nitrogens with two attached hydrogens (primary N) is 1. The summed E-state index contributed by atoms with van der Waals surface area (Å²) in [6.45, 7) is 2.26. The van der Waals surface area contributed by atoms with Gasteiger partial charge in [-0.25, -0.2) is 4.98 Å². The van der Waals surface area contributed by atoms with Gasteiger partial charge in [0.25, 0.3) is 0 Å². The van der Waals surface area contributed by atoms with Crippen molar-refractivity contribution in [1.29, 1.82) is 0 Å². The molecule has 0 bridgehead atoms. The smallest absolute Gasteiger partial charge is 0.123 e. The molecule has 1 unspecified atom stereocenters. The van der Waals surface area contributed by atoms with Crippen LogP contribution in [0, 0.1) is 11.8 Å². The normalized spacial score (nSPS) is 25.2. The molecular weight excluding hydrogens is 236 g/mol. The van der Waals surface area contributed by atoms with Crippen LogP contribution in [-0.2, 0) is 6.42 Å². The van der Waals surface area contributed by atoms with Gasteiger partial charge in [0.15, 0.2) is 0 Å². The van der Waals surface area contributed by atoms with Crippen molar-refractivity contribution in [3.05, 3.63) is 23.9 Å². The first-order valence-electron chi connectivity index (χ1n) is 7.57. The van der Waals surface area contributed by atoms with Crippen LogP contribution in [0.3, 0.4) is 0 Å². The zero-order chi connectivity index (χ0) is 13.7. The first-order valence-corrected chi connectivity index (χ1v) is 7.57. The number of hydrogen-bond donors (Lipinski definition) is 2. The lowest BCUT2D eigenvalue weighted by molar-refractivity contribution is 0.0728. The molecule has 3 nitrogen and oxygen atoms in total. The summed E-state index contributed by atoms with van der Waals surface area (Å²) in [4.78, 5) is 3.99. The summed E-state index contributed by atoms with van der Waals surface area (Å²) in [7, 11) is 0. The van der Waals surface area contributed by atoms with Gasteiger partial charge in [-0.3, -0.25) is 0 Å². The minimum absolute atomic E-state index is 0.232. The zero-order valence-corrected chi connectivity index (χ0v) is 11.9. The molecule has 1 atom stereocenters. The summed E-state index contributed by atoms with van der Waals surface area (Å²) in [6.07, 6.45) is 9.74. The summed E-state index contributed by atoms with van der Waals surface area (Å²) < 4.78 is 0. The van der Waals surface area contributed by atoms with E-state index in [9.17, 15) is 5.11 Å². The number of aliphatic hydroxyl groups excluding tert-OH is 1. The quantitative estimate of drug-likeness (QED) is 0.857. The molecule has 1 aromatic rings. The largest absolute Gasteiger partial charge is 0.392 e. The number of pyridine rings is 1. The van der Waals surface area contributed by atoms with Crippen LogP contribution in [-0.4, -0.2) is 16.2 Å². The van der Waals surface area contributed by atoms with E-state index in [2.05, 4.69) is 11.9 Å². The Morgan fingerprint density at radius 1 is 1.37 bits per heavy atom. The van der Waals surface area contributed by atoms with Gasteiger partial charge in [0.2, 0.25) is 0 Å². The van der Waals surface area contributed by atoms with Crippen molar-refractivity contribution in [3.8, 4) is 0 Å². The maximum atomic E-state index is 10.4. The van der Waals surface area contributed by atoms with Crippen molar-refractivity contribution in [2.24, 2.45) is 11.8 Å². The van der Waals surface area contributed by atoms with Crippen molar-refractivity contribution in [2.45, 2.75) is 58.0 Å². The Balaban J connectivity index is 1.82. The lowest BCUT2D eigenvalue weighted by atomic mass is 9.77. The molecule has 1 heterocycles. The molecule has 0 aromatic carbocycles. The van der Waals surface area contributed by atoms with E-state index in [0.29, 0.717) is 18.2 Å². The summed E-state index contributed by atoms with van der Waals surface area (Å²) >= 11 is 0. The molecule has 0 aliphatic heterocycles. The van der Waals surface area contributed by atoms with Crippen LogP contribution in [0.5, 0.6) is 0 Å². The predicted octanol–water partition coefficient (Wildman–Crippen LogP) is 3.17. The Morgan fingerprint density at radius 2 is 2.11 bits per heavy atom. The van der Waals surface area contributed by atoms with Crippen LogP contribution < -0.4 is 5.73 Å². The SMILES string of the molecule is CCCC1CCC(C(O)Cc2ccnc(N)c2)CC1. The number of anilines is 1. The molecule has 1 aliphatic rings. The third kappa shape index (κ3) is 4.20. The van der Waals surface area contributed by atoms with Crippen LogP contribution in [0.25, 0.3) is 0 Å². The van der Waals surface area contributed by atoms with Crippen molar-refractivity contribution in [1.82, 2.24) is 4.98 Å². The first kappa shape index (κ1) is 14.3. The fourth-order valence-corrected chi connectivity index (χ4v) is 3.30. The maximum Gasteiger partial charge on any atom is 0.123 e. The number of hydrogen-bond acceptors (Lipinski definition) is 3. The van der Waals surface area contributed by atoms with Crippen LogP contribution in [0.2, 0.25) is 0 Å². The highest BCUT2D eigenvalue weighted by molar-refractivity contribution is 5.32. The zero-order valence-electron chi connectivity index (χ0n) is 11.9. The second-order valence-corrected chi connectivity index (χ2v) is 5.93. The molecule has 0 amide bonds. The van der Waals surface area contributed by atoms with Gasteiger partial charge < -0.3 is 10.8 Å². The summed E-state index contributed by atoms with van der Waals surface area (Å²) in [5, 5.41) is 10.4. The molecule has 1 fully saturated rings. The number of nitrogens with zero attached hydrogens (tertiary/aromatic N) is 1. The Labute approximate surface area is 116 Å². The van der Waals surface area contributed by atoms with E-state index >= 15 is 0 Å². The highest BCUT2D eigenvalue weighted by Crippen LogP contribution is 2.34. The molecule has 0 radical (unpaired) electrons. The average molecular weight is 262 g/mol. The summed E-state index contributed by atoms with van der Waals surface area (Å²) in [5.74, 6) is 1.89. The topological polar surface area (TPSA) is 59.1 Å². The Morgan fingerprint density at radius 3 is 2.74 bits per heavy atom. The van der Waals surface area contributed by atoms with Crippen LogP contribution in [0.4, 0.5) is 5.82 Å². The molecule has 3 N–H and O–H groups in total. The standard InChI is InChI=1S/C16H26N2O/c1-2-3-12-4-6-14(7-5-12)15(19)10-13-8-9-18-16(17)11-13/h8-9,11-12,14-15,19H,2-7,10H2,1H3,(H2,17,18). The van der Waals surface area contributed by atoms with Crippen molar-refractivity contribution in [3.63, 3.8) is 0 Å². The van der Waals surface area contributed by atoms with Gasteiger partial charge >= 0.3 is 0 Å². The number of aliphatic hydroxyl groups is 1. The van der Waals surface area contributed by atoms with Gasteiger partial charge in [-0.05, 0) is 48.8 Å². The number of rotatable bonds is 5. The lowest BCUT2D eigenvalue weighted by Gasteiger charge is -2.31. The highest BCUT2D eigenvalue weighted by Gasteiger charge is 2.26. The fraction of sp³-hybridized carbons (Fsp3) is 0.688. The number of nitrogen functional groups attached to an aromatic ring is 1. The predicted molar refractivity (Wildman–Crippen MR) is 78.7 cm³/mol. The van der Waals surface area contributed by atoms with Crippen LogP contribution in [0.1, 0.15) is 51.0 Å². The van der Waals surface area contributed by atoms with Gasteiger partial charge in [0.05, 0.1) is 6.10 Å². The molecule has 1 aliphatic carbocycles. The van der Waals surface area contributed by atoms with Gasteiger partial charge in [0, 0.05) is 6.20 Å². The molecule has 0 saturated heterocycles. The van der Waals surface area contributed by atoms with Gasteiger partial charge in [-0.15, -0.1) is 0 Å². The van der Waals surface area contributed by atoms with E-state index in [1.807, 2.05) is 12.1 Å². The second kappa shape index (κ2) is 6.90. The Bertz CT molecular complexity index is 386. The summed E-state index contributed by atoms with van der Waals surface area (Å²) in [6, 6.07) is 3.81. The molecule has 3 heteroatoms. The third-order valence-corrected chi connectivity index (χ3v) is 4.42. The minimum Gasteiger partial charge on any atom is -0.392 e. The van der Waals surface area contributed by atoms with Crippen molar-refractivity contribution in [2.75, 3.05) is 5.73 Å². The minimum atomic E-state index is -0.232. The van der Waals surface area contributed by atoms with E-state index in [4.69, 9.17) is 5.73 Å². The van der Waals surface area contributed by atoms with Gasteiger partial charge in [-0.1, -0.05) is 32.6 Å².